The molecule has 0 unspecified atom stereocenters. The van der Waals surface area contributed by atoms with Gasteiger partial charge >= 0.3 is 0 Å². The summed E-state index contributed by atoms with van der Waals surface area (Å²) in [6.45, 7) is 0.527. The van der Waals surface area contributed by atoms with E-state index in [0.29, 0.717) is 11.0 Å². The maximum absolute atomic E-state index is 11.7. The second-order valence-electron chi connectivity index (χ2n) is 2.86. The van der Waals surface area contributed by atoms with Crippen LogP contribution >= 0.6 is 38.9 Å². The van der Waals surface area contributed by atoms with Crippen LogP contribution in [0.4, 0.5) is 0 Å². The lowest BCUT2D eigenvalue weighted by Crippen LogP contribution is -2.21. The lowest BCUT2D eigenvalue weighted by atomic mass is 10.4. The van der Waals surface area contributed by atoms with Crippen molar-refractivity contribution in [3.63, 3.8) is 0 Å². The molecule has 0 amide bonds. The molecule has 3 nitrogen and oxygen atoms in total. The summed E-state index contributed by atoms with van der Waals surface area (Å²) in [7, 11) is 0. The number of aromatic nitrogens is 2. The summed E-state index contributed by atoms with van der Waals surface area (Å²) in [5.41, 5.74) is -0.164. The molecule has 0 N–H and O–H groups in total. The van der Waals surface area contributed by atoms with Crippen molar-refractivity contribution in [2.45, 2.75) is 6.54 Å². The zero-order valence-corrected chi connectivity index (χ0v) is 10.6. The quantitative estimate of drug-likeness (QED) is 0.800. The molecule has 2 aromatic heterocycles. The van der Waals surface area contributed by atoms with E-state index >= 15 is 0 Å². The number of nitrogens with zero attached hydrogens (tertiary/aromatic N) is 2. The Hall–Kier alpha value is -0.650. The van der Waals surface area contributed by atoms with Crippen molar-refractivity contribution in [1.29, 1.82) is 0 Å². The first kappa shape index (κ1) is 10.9. The van der Waals surface area contributed by atoms with Gasteiger partial charge in [-0.05, 0) is 27.4 Å². The molecule has 0 aliphatic heterocycles. The van der Waals surface area contributed by atoms with E-state index in [1.165, 1.54) is 10.9 Å². The Bertz CT molecular complexity index is 523. The Morgan fingerprint density at radius 3 is 3.07 bits per heavy atom. The predicted octanol–water partition coefficient (Wildman–Crippen LogP) is 2.77. The molecule has 2 aromatic rings. The standard InChI is InChI=1S/C9H6BrClN2OS/c10-7-8(11)12-5-13(9(7)14)4-6-2-1-3-15-6/h1-3,5H,4H2. The molecular formula is C9H6BrClN2OS. The minimum Gasteiger partial charge on any atom is -0.293 e. The van der Waals surface area contributed by atoms with Gasteiger partial charge in [-0.2, -0.15) is 0 Å². The second kappa shape index (κ2) is 4.47. The maximum atomic E-state index is 11.7. The van der Waals surface area contributed by atoms with E-state index < -0.39 is 0 Å². The average molecular weight is 306 g/mol. The molecule has 0 radical (unpaired) electrons. The highest BCUT2D eigenvalue weighted by atomic mass is 79.9. The zero-order chi connectivity index (χ0) is 10.8. The summed E-state index contributed by atoms with van der Waals surface area (Å²) in [6.07, 6.45) is 1.45. The average Bonchev–Trinajstić information content (AvgIpc) is 2.72. The minimum atomic E-state index is -0.164. The highest BCUT2D eigenvalue weighted by Gasteiger charge is 2.07. The Labute approximate surface area is 103 Å². The SMILES string of the molecule is O=c1c(Br)c(Cl)ncn1Cc1cccs1. The Balaban J connectivity index is 2.38. The van der Waals surface area contributed by atoms with E-state index in [9.17, 15) is 4.79 Å². The lowest BCUT2D eigenvalue weighted by molar-refractivity contribution is 0.740. The topological polar surface area (TPSA) is 34.9 Å². The van der Waals surface area contributed by atoms with E-state index in [1.54, 1.807) is 11.3 Å². The predicted molar refractivity (Wildman–Crippen MR) is 64.6 cm³/mol. The number of hydrogen-bond donors (Lipinski definition) is 0. The first-order valence-electron chi connectivity index (χ1n) is 4.11. The van der Waals surface area contributed by atoms with Gasteiger partial charge in [0.1, 0.15) is 4.47 Å². The van der Waals surface area contributed by atoms with Gasteiger partial charge in [0.05, 0.1) is 12.9 Å². The van der Waals surface area contributed by atoms with Gasteiger partial charge in [-0.25, -0.2) is 4.98 Å². The van der Waals surface area contributed by atoms with Gasteiger partial charge in [-0.3, -0.25) is 9.36 Å². The van der Waals surface area contributed by atoms with Gasteiger partial charge < -0.3 is 0 Å². The van der Waals surface area contributed by atoms with Crippen LogP contribution in [0.3, 0.4) is 0 Å². The molecule has 0 bridgehead atoms. The highest BCUT2D eigenvalue weighted by molar-refractivity contribution is 9.10. The van der Waals surface area contributed by atoms with Crippen molar-refractivity contribution in [3.05, 3.63) is 48.7 Å². The smallest absolute Gasteiger partial charge is 0.269 e. The molecule has 2 heterocycles. The molecule has 0 aliphatic rings. The molecule has 78 valence electrons. The number of thiophene rings is 1. The normalized spacial score (nSPS) is 10.5. The van der Waals surface area contributed by atoms with Crippen molar-refractivity contribution in [2.75, 3.05) is 0 Å². The molecule has 15 heavy (non-hydrogen) atoms. The fourth-order valence-electron chi connectivity index (χ4n) is 1.13. The third kappa shape index (κ3) is 2.30. The van der Waals surface area contributed by atoms with Gasteiger partial charge in [0.2, 0.25) is 0 Å². The lowest BCUT2D eigenvalue weighted by Gasteiger charge is -2.03. The molecule has 0 spiro atoms. The fourth-order valence-corrected chi connectivity index (χ4v) is 2.28. The van der Waals surface area contributed by atoms with Gasteiger partial charge in [0.15, 0.2) is 5.15 Å². The van der Waals surface area contributed by atoms with Crippen molar-refractivity contribution < 1.29 is 0 Å². The van der Waals surface area contributed by atoms with Crippen LogP contribution in [0.5, 0.6) is 0 Å². The van der Waals surface area contributed by atoms with Crippen LogP contribution in [-0.4, -0.2) is 9.55 Å². The van der Waals surface area contributed by atoms with Crippen molar-refractivity contribution in [1.82, 2.24) is 9.55 Å². The fraction of sp³-hybridized carbons (Fsp3) is 0.111. The summed E-state index contributed by atoms with van der Waals surface area (Å²) in [5, 5.41) is 2.17. The molecule has 0 saturated heterocycles. The zero-order valence-electron chi connectivity index (χ0n) is 7.48. The van der Waals surface area contributed by atoms with E-state index in [0.717, 1.165) is 4.88 Å². The van der Waals surface area contributed by atoms with Crippen LogP contribution < -0.4 is 5.56 Å². The molecule has 0 fully saturated rings. The summed E-state index contributed by atoms with van der Waals surface area (Å²) in [5.74, 6) is 0. The number of rotatable bonds is 2. The maximum Gasteiger partial charge on any atom is 0.269 e. The van der Waals surface area contributed by atoms with Crippen molar-refractivity contribution in [2.24, 2.45) is 0 Å². The molecule has 0 saturated carbocycles. The molecule has 0 aliphatic carbocycles. The van der Waals surface area contributed by atoms with Gasteiger partial charge in [-0.15, -0.1) is 11.3 Å². The highest BCUT2D eigenvalue weighted by Crippen LogP contribution is 2.15. The summed E-state index contributed by atoms with van der Waals surface area (Å²) in [4.78, 5) is 16.7. The van der Waals surface area contributed by atoms with E-state index in [2.05, 4.69) is 20.9 Å². The van der Waals surface area contributed by atoms with E-state index in [1.807, 2.05) is 17.5 Å². The van der Waals surface area contributed by atoms with Crippen LogP contribution in [0, 0.1) is 0 Å². The number of hydrogen-bond acceptors (Lipinski definition) is 3. The van der Waals surface area contributed by atoms with Crippen LogP contribution in [0.15, 0.2) is 33.1 Å². The first-order valence-corrected chi connectivity index (χ1v) is 6.16. The van der Waals surface area contributed by atoms with Crippen LogP contribution in [0.25, 0.3) is 0 Å². The Morgan fingerprint density at radius 1 is 1.60 bits per heavy atom. The van der Waals surface area contributed by atoms with Crippen LogP contribution in [0.2, 0.25) is 5.15 Å². The molecular weight excluding hydrogens is 300 g/mol. The summed E-state index contributed by atoms with van der Waals surface area (Å²) < 4.78 is 1.82. The monoisotopic (exact) mass is 304 g/mol. The van der Waals surface area contributed by atoms with E-state index in [-0.39, 0.29) is 10.7 Å². The van der Waals surface area contributed by atoms with Crippen molar-refractivity contribution in [3.8, 4) is 0 Å². The number of halogens is 2. The van der Waals surface area contributed by atoms with Crippen molar-refractivity contribution >= 4 is 38.9 Å². The third-order valence-corrected chi connectivity index (χ3v) is 3.94. The summed E-state index contributed by atoms with van der Waals surface area (Å²) >= 11 is 10.4. The molecule has 0 atom stereocenters. The largest absolute Gasteiger partial charge is 0.293 e. The molecule has 2 rings (SSSR count). The van der Waals surface area contributed by atoms with Gasteiger partial charge in [-0.1, -0.05) is 17.7 Å². The van der Waals surface area contributed by atoms with Gasteiger partial charge in [0.25, 0.3) is 5.56 Å². The molecule has 6 heteroatoms. The molecule has 0 aromatic carbocycles. The van der Waals surface area contributed by atoms with Gasteiger partial charge in [0, 0.05) is 4.88 Å². The minimum absolute atomic E-state index is 0.164. The Kier molecular flexibility index (Phi) is 3.23. The van der Waals surface area contributed by atoms with E-state index in [4.69, 9.17) is 11.6 Å². The first-order chi connectivity index (χ1) is 7.18. The van der Waals surface area contributed by atoms with Crippen LogP contribution in [0.1, 0.15) is 4.88 Å². The third-order valence-electron chi connectivity index (χ3n) is 1.85. The Morgan fingerprint density at radius 2 is 2.40 bits per heavy atom. The van der Waals surface area contributed by atoms with Crippen LogP contribution in [-0.2, 0) is 6.54 Å². The summed E-state index contributed by atoms with van der Waals surface area (Å²) in [6, 6.07) is 3.92. The second-order valence-corrected chi connectivity index (χ2v) is 5.05.